The van der Waals surface area contributed by atoms with Crippen molar-refractivity contribution >= 4 is 27.2 Å². The lowest BCUT2D eigenvalue weighted by Gasteiger charge is -2.20. The summed E-state index contributed by atoms with van der Waals surface area (Å²) >= 11 is 4.87. The Kier molecular flexibility index (Phi) is 3.96. The van der Waals surface area contributed by atoms with Crippen LogP contribution in [0.3, 0.4) is 0 Å². The topological polar surface area (TPSA) is 94.3 Å². The van der Waals surface area contributed by atoms with Gasteiger partial charge in [-0.3, -0.25) is 4.98 Å². The Morgan fingerprint density at radius 1 is 1.43 bits per heavy atom. The molecule has 1 aliphatic carbocycles. The quantitative estimate of drug-likeness (QED) is 0.768. The summed E-state index contributed by atoms with van der Waals surface area (Å²) in [6.07, 6.45) is 4.34. The summed E-state index contributed by atoms with van der Waals surface area (Å²) in [7, 11) is -3.72. The molecule has 0 aromatic carbocycles. The molecule has 114 valence electrons. The first kappa shape index (κ1) is 14.8. The lowest BCUT2D eigenvalue weighted by molar-refractivity contribution is 0.0848. The van der Waals surface area contributed by atoms with Gasteiger partial charge in [-0.2, -0.15) is 0 Å². The Hall–Kier alpha value is -1.09. The SMILES string of the molecule is NC(=S)c1ncccc1S(=O)(=O)NC1CCOC1C1CC1. The molecular weight excluding hydrogens is 310 g/mol. The molecule has 1 aliphatic heterocycles. The van der Waals surface area contributed by atoms with Crippen molar-refractivity contribution in [2.45, 2.75) is 36.3 Å². The fourth-order valence-electron chi connectivity index (χ4n) is 2.68. The van der Waals surface area contributed by atoms with Crippen molar-refractivity contribution in [2.24, 2.45) is 11.7 Å². The van der Waals surface area contributed by atoms with Gasteiger partial charge in [0.05, 0.1) is 12.1 Å². The highest BCUT2D eigenvalue weighted by atomic mass is 32.2. The minimum absolute atomic E-state index is 0.0234. The Morgan fingerprint density at radius 3 is 2.86 bits per heavy atom. The van der Waals surface area contributed by atoms with Gasteiger partial charge in [-0.25, -0.2) is 13.1 Å². The number of nitrogens with one attached hydrogen (secondary N) is 1. The predicted molar refractivity (Wildman–Crippen MR) is 81.3 cm³/mol. The molecule has 0 bridgehead atoms. The Balaban J connectivity index is 1.85. The van der Waals surface area contributed by atoms with Gasteiger partial charge < -0.3 is 10.5 Å². The standard InChI is InChI=1S/C13H17N3O3S2/c14-13(20)11-10(2-1-6-15-11)21(17,18)16-9-5-7-19-12(9)8-3-4-8/h1-2,6,8-9,12,16H,3-5,7H2,(H2,14,20). The van der Waals surface area contributed by atoms with Crippen LogP contribution in [0.2, 0.25) is 0 Å². The first-order valence-electron chi connectivity index (χ1n) is 6.88. The van der Waals surface area contributed by atoms with E-state index in [0.717, 1.165) is 12.8 Å². The van der Waals surface area contributed by atoms with E-state index < -0.39 is 10.0 Å². The summed E-state index contributed by atoms with van der Waals surface area (Å²) in [5.41, 5.74) is 5.68. The van der Waals surface area contributed by atoms with Crippen molar-refractivity contribution in [1.29, 1.82) is 0 Å². The van der Waals surface area contributed by atoms with Gasteiger partial charge in [-0.05, 0) is 37.3 Å². The second kappa shape index (κ2) is 5.60. The molecular formula is C13H17N3O3S2. The molecule has 0 amide bonds. The summed E-state index contributed by atoms with van der Waals surface area (Å²) in [5.74, 6) is 0.476. The van der Waals surface area contributed by atoms with Crippen LogP contribution in [0, 0.1) is 5.92 Å². The zero-order valence-electron chi connectivity index (χ0n) is 11.4. The number of ether oxygens (including phenoxy) is 1. The van der Waals surface area contributed by atoms with E-state index >= 15 is 0 Å². The van der Waals surface area contributed by atoms with Crippen LogP contribution < -0.4 is 10.5 Å². The fraction of sp³-hybridized carbons (Fsp3) is 0.538. The fourth-order valence-corrected chi connectivity index (χ4v) is 4.36. The molecule has 3 N–H and O–H groups in total. The molecule has 21 heavy (non-hydrogen) atoms. The smallest absolute Gasteiger partial charge is 0.243 e. The molecule has 2 aliphatic rings. The summed E-state index contributed by atoms with van der Waals surface area (Å²) in [6.45, 7) is 0.587. The van der Waals surface area contributed by atoms with Gasteiger partial charge in [0.1, 0.15) is 15.6 Å². The van der Waals surface area contributed by atoms with Crippen molar-refractivity contribution < 1.29 is 13.2 Å². The van der Waals surface area contributed by atoms with Crippen molar-refractivity contribution in [1.82, 2.24) is 9.71 Å². The van der Waals surface area contributed by atoms with Crippen molar-refractivity contribution in [3.63, 3.8) is 0 Å². The van der Waals surface area contributed by atoms with E-state index in [2.05, 4.69) is 9.71 Å². The van der Waals surface area contributed by atoms with Crippen LogP contribution in [0.5, 0.6) is 0 Å². The van der Waals surface area contributed by atoms with Crippen LogP contribution in [-0.4, -0.2) is 37.1 Å². The number of nitrogens with two attached hydrogens (primary N) is 1. The molecule has 2 heterocycles. The zero-order chi connectivity index (χ0) is 15.0. The molecule has 1 saturated heterocycles. The monoisotopic (exact) mass is 327 g/mol. The molecule has 0 spiro atoms. The van der Waals surface area contributed by atoms with Crippen LogP contribution in [0.4, 0.5) is 0 Å². The van der Waals surface area contributed by atoms with Crippen LogP contribution in [0.25, 0.3) is 0 Å². The number of rotatable bonds is 5. The first-order valence-corrected chi connectivity index (χ1v) is 8.77. The van der Waals surface area contributed by atoms with Gasteiger partial charge >= 0.3 is 0 Å². The molecule has 6 nitrogen and oxygen atoms in total. The first-order chi connectivity index (χ1) is 9.99. The Morgan fingerprint density at radius 2 is 2.19 bits per heavy atom. The molecule has 2 fully saturated rings. The zero-order valence-corrected chi connectivity index (χ0v) is 13.0. The highest BCUT2D eigenvalue weighted by Crippen LogP contribution is 2.39. The third kappa shape index (κ3) is 3.08. The van der Waals surface area contributed by atoms with Gasteiger partial charge in [0, 0.05) is 12.8 Å². The number of sulfonamides is 1. The van der Waals surface area contributed by atoms with E-state index in [9.17, 15) is 8.42 Å². The summed E-state index contributed by atoms with van der Waals surface area (Å²) in [5, 5.41) is 0. The minimum atomic E-state index is -3.72. The third-order valence-corrected chi connectivity index (χ3v) is 5.54. The molecule has 1 aromatic rings. The summed E-state index contributed by atoms with van der Waals surface area (Å²) in [4.78, 5) is 3.97. The number of nitrogens with zero attached hydrogens (tertiary/aromatic N) is 1. The van der Waals surface area contributed by atoms with Crippen LogP contribution >= 0.6 is 12.2 Å². The third-order valence-electron chi connectivity index (χ3n) is 3.82. The maximum atomic E-state index is 12.6. The predicted octanol–water partition coefficient (Wildman–Crippen LogP) is 0.562. The van der Waals surface area contributed by atoms with Gasteiger partial charge in [-0.1, -0.05) is 12.2 Å². The molecule has 1 aromatic heterocycles. The van der Waals surface area contributed by atoms with Crippen molar-refractivity contribution in [3.8, 4) is 0 Å². The second-order valence-corrected chi connectivity index (χ2v) is 7.53. The molecule has 1 saturated carbocycles. The maximum Gasteiger partial charge on any atom is 0.243 e. The van der Waals surface area contributed by atoms with Gasteiger partial charge in [0.25, 0.3) is 0 Å². The number of pyridine rings is 1. The minimum Gasteiger partial charge on any atom is -0.388 e. The number of hydrogen-bond donors (Lipinski definition) is 2. The van der Waals surface area contributed by atoms with E-state index in [0.29, 0.717) is 18.9 Å². The molecule has 2 unspecified atom stereocenters. The van der Waals surface area contributed by atoms with E-state index in [1.165, 1.54) is 12.3 Å². The van der Waals surface area contributed by atoms with E-state index in [1.807, 2.05) is 0 Å². The Labute approximate surface area is 129 Å². The van der Waals surface area contributed by atoms with Gasteiger partial charge in [0.15, 0.2) is 0 Å². The average molecular weight is 327 g/mol. The Bertz CT molecular complexity index is 658. The highest BCUT2D eigenvalue weighted by Gasteiger charge is 2.42. The largest absolute Gasteiger partial charge is 0.388 e. The lowest BCUT2D eigenvalue weighted by atomic mass is 10.1. The molecule has 8 heteroatoms. The molecule has 3 rings (SSSR count). The molecule has 2 atom stereocenters. The summed E-state index contributed by atoms with van der Waals surface area (Å²) < 4.78 is 33.5. The van der Waals surface area contributed by atoms with E-state index in [1.54, 1.807) is 6.07 Å². The van der Waals surface area contributed by atoms with Crippen molar-refractivity contribution in [3.05, 3.63) is 24.0 Å². The average Bonchev–Trinajstić information content (AvgIpc) is 3.19. The maximum absolute atomic E-state index is 12.6. The van der Waals surface area contributed by atoms with Gasteiger partial charge in [-0.15, -0.1) is 0 Å². The lowest BCUT2D eigenvalue weighted by Crippen LogP contribution is -2.42. The second-order valence-electron chi connectivity index (χ2n) is 5.40. The van der Waals surface area contributed by atoms with Gasteiger partial charge in [0.2, 0.25) is 10.0 Å². The van der Waals surface area contributed by atoms with Crippen LogP contribution in [0.1, 0.15) is 25.0 Å². The number of thiocarbonyl (C=S) groups is 1. The van der Waals surface area contributed by atoms with Crippen molar-refractivity contribution in [2.75, 3.05) is 6.61 Å². The highest BCUT2D eigenvalue weighted by molar-refractivity contribution is 7.89. The van der Waals surface area contributed by atoms with E-state index in [-0.39, 0.29) is 27.7 Å². The number of hydrogen-bond acceptors (Lipinski definition) is 5. The molecule has 0 radical (unpaired) electrons. The summed E-state index contributed by atoms with van der Waals surface area (Å²) in [6, 6.07) is 2.83. The van der Waals surface area contributed by atoms with Crippen LogP contribution in [-0.2, 0) is 14.8 Å². The normalized spacial score (nSPS) is 25.9. The van der Waals surface area contributed by atoms with Crippen LogP contribution in [0.15, 0.2) is 23.2 Å². The van der Waals surface area contributed by atoms with E-state index in [4.69, 9.17) is 22.7 Å². The number of aromatic nitrogens is 1.